The molecule has 2 aromatic carbocycles. The molecule has 21 heavy (non-hydrogen) atoms. The minimum absolute atomic E-state index is 0.121. The van der Waals surface area contributed by atoms with Gasteiger partial charge in [0.25, 0.3) is 0 Å². The van der Waals surface area contributed by atoms with Crippen LogP contribution in [0.15, 0.2) is 53.0 Å². The molecule has 0 aromatic heterocycles. The van der Waals surface area contributed by atoms with E-state index in [4.69, 9.17) is 0 Å². The van der Waals surface area contributed by atoms with Gasteiger partial charge in [0.2, 0.25) is 0 Å². The number of aromatic hydroxyl groups is 1. The van der Waals surface area contributed by atoms with Crippen LogP contribution in [-0.2, 0) is 6.54 Å². The fourth-order valence-electron chi connectivity index (χ4n) is 2.45. The molecule has 2 nitrogen and oxygen atoms in total. The van der Waals surface area contributed by atoms with Crippen LogP contribution in [0.1, 0.15) is 37.9 Å². The van der Waals surface area contributed by atoms with E-state index in [9.17, 15) is 5.11 Å². The maximum atomic E-state index is 9.56. The summed E-state index contributed by atoms with van der Waals surface area (Å²) in [7, 11) is 0. The van der Waals surface area contributed by atoms with Crippen LogP contribution in [0.5, 0.6) is 5.75 Å². The maximum absolute atomic E-state index is 9.56. The van der Waals surface area contributed by atoms with Gasteiger partial charge in [-0.15, -0.1) is 0 Å². The van der Waals surface area contributed by atoms with Gasteiger partial charge in [0.1, 0.15) is 5.75 Å². The van der Waals surface area contributed by atoms with Gasteiger partial charge in [-0.25, -0.2) is 0 Å². The van der Waals surface area contributed by atoms with Gasteiger partial charge in [-0.3, -0.25) is 0 Å². The molecule has 112 valence electrons. The fourth-order valence-corrected chi connectivity index (χ4v) is 2.88. The van der Waals surface area contributed by atoms with Gasteiger partial charge in [-0.2, -0.15) is 0 Å². The van der Waals surface area contributed by atoms with E-state index in [0.29, 0.717) is 0 Å². The molecule has 3 heteroatoms. The number of benzene rings is 2. The van der Waals surface area contributed by atoms with Gasteiger partial charge in [0.05, 0.1) is 4.47 Å². The average molecular weight is 348 g/mol. The summed E-state index contributed by atoms with van der Waals surface area (Å²) in [5.41, 5.74) is 2.56. The highest BCUT2D eigenvalue weighted by Gasteiger charge is 2.25. The van der Waals surface area contributed by atoms with Crippen LogP contribution < -0.4 is 5.32 Å². The number of hydrogen-bond acceptors (Lipinski definition) is 2. The smallest absolute Gasteiger partial charge is 0.129 e. The second-order valence-electron chi connectivity index (χ2n) is 6.38. The molecule has 2 N–H and O–H groups in total. The van der Waals surface area contributed by atoms with Crippen LogP contribution in [0.4, 0.5) is 0 Å². The van der Waals surface area contributed by atoms with Crippen LogP contribution in [0, 0.1) is 5.41 Å². The lowest BCUT2D eigenvalue weighted by atomic mass is 9.82. The zero-order valence-electron chi connectivity index (χ0n) is 12.7. The van der Waals surface area contributed by atoms with Crippen molar-refractivity contribution in [3.05, 3.63) is 64.1 Å². The molecule has 1 unspecified atom stereocenters. The van der Waals surface area contributed by atoms with Crippen molar-refractivity contribution in [1.82, 2.24) is 5.32 Å². The Hall–Kier alpha value is -1.32. The monoisotopic (exact) mass is 347 g/mol. The average Bonchev–Trinajstić information content (AvgIpc) is 2.43. The molecular weight excluding hydrogens is 326 g/mol. The molecule has 0 aliphatic carbocycles. The second-order valence-corrected chi connectivity index (χ2v) is 7.23. The Balaban J connectivity index is 2.15. The van der Waals surface area contributed by atoms with E-state index in [0.717, 1.165) is 16.6 Å². The van der Waals surface area contributed by atoms with Crippen LogP contribution in [0.3, 0.4) is 0 Å². The normalized spacial score (nSPS) is 13.1. The van der Waals surface area contributed by atoms with E-state index in [-0.39, 0.29) is 17.2 Å². The van der Waals surface area contributed by atoms with Gasteiger partial charge < -0.3 is 10.4 Å². The lowest BCUT2D eigenvalue weighted by Crippen LogP contribution is -2.32. The molecule has 0 saturated carbocycles. The first kappa shape index (κ1) is 16.1. The van der Waals surface area contributed by atoms with E-state index in [2.05, 4.69) is 66.3 Å². The second kappa shape index (κ2) is 6.63. The van der Waals surface area contributed by atoms with E-state index in [1.54, 1.807) is 6.07 Å². The van der Waals surface area contributed by atoms with Gasteiger partial charge >= 0.3 is 0 Å². The Kier molecular flexibility index (Phi) is 5.07. The number of phenols is 1. The van der Waals surface area contributed by atoms with Crippen molar-refractivity contribution in [3.63, 3.8) is 0 Å². The Labute approximate surface area is 135 Å². The Morgan fingerprint density at radius 1 is 1.10 bits per heavy atom. The number of hydrogen-bond donors (Lipinski definition) is 2. The third-order valence-electron chi connectivity index (χ3n) is 3.52. The molecule has 0 amide bonds. The summed E-state index contributed by atoms with van der Waals surface area (Å²) in [5, 5.41) is 13.2. The van der Waals surface area contributed by atoms with Gasteiger partial charge in [0, 0.05) is 12.6 Å². The first-order chi connectivity index (χ1) is 9.88. The molecule has 0 aliphatic rings. The lowest BCUT2D eigenvalue weighted by Gasteiger charge is -2.32. The molecular formula is C18H22BrNO. The number of nitrogens with one attached hydrogen (secondary N) is 1. The molecule has 0 aliphatic heterocycles. The molecule has 1 atom stereocenters. The highest BCUT2D eigenvalue weighted by atomic mass is 79.9. The highest BCUT2D eigenvalue weighted by Crippen LogP contribution is 2.33. The lowest BCUT2D eigenvalue weighted by molar-refractivity contribution is 0.271. The summed E-state index contributed by atoms with van der Waals surface area (Å²) < 4.78 is 0.730. The summed E-state index contributed by atoms with van der Waals surface area (Å²) in [6, 6.07) is 16.4. The van der Waals surface area contributed by atoms with E-state index in [1.807, 2.05) is 18.2 Å². The van der Waals surface area contributed by atoms with Crippen molar-refractivity contribution in [3.8, 4) is 5.75 Å². The highest BCUT2D eigenvalue weighted by molar-refractivity contribution is 9.10. The van der Waals surface area contributed by atoms with Gasteiger partial charge in [-0.1, -0.05) is 57.2 Å². The molecule has 0 heterocycles. The van der Waals surface area contributed by atoms with Crippen molar-refractivity contribution < 1.29 is 5.11 Å². The van der Waals surface area contributed by atoms with Crippen LogP contribution in [0.25, 0.3) is 0 Å². The molecule has 2 rings (SSSR count). The Bertz CT molecular complexity index is 590. The minimum Gasteiger partial charge on any atom is -0.507 e. The summed E-state index contributed by atoms with van der Waals surface area (Å²) in [6.07, 6.45) is 0. The van der Waals surface area contributed by atoms with Crippen LogP contribution >= 0.6 is 15.9 Å². The van der Waals surface area contributed by atoms with Crippen LogP contribution in [0.2, 0.25) is 0 Å². The standard InChI is InChI=1S/C18H22BrNO/c1-18(2,3)17(14-7-5-4-6-8-14)20-12-13-9-10-16(21)15(19)11-13/h4-11,17,20-21H,12H2,1-3H3. The Morgan fingerprint density at radius 3 is 2.33 bits per heavy atom. The molecule has 0 saturated heterocycles. The number of phenolic OH excluding ortho intramolecular Hbond substituents is 1. The van der Waals surface area contributed by atoms with E-state index < -0.39 is 0 Å². The van der Waals surface area contributed by atoms with Crippen molar-refractivity contribution in [2.24, 2.45) is 5.41 Å². The van der Waals surface area contributed by atoms with Crippen molar-refractivity contribution >= 4 is 15.9 Å². The maximum Gasteiger partial charge on any atom is 0.129 e. The Morgan fingerprint density at radius 2 is 1.76 bits per heavy atom. The fraction of sp³-hybridized carbons (Fsp3) is 0.333. The molecule has 0 radical (unpaired) electrons. The molecule has 2 aromatic rings. The minimum atomic E-state index is 0.121. The van der Waals surface area contributed by atoms with Crippen molar-refractivity contribution in [2.75, 3.05) is 0 Å². The first-order valence-electron chi connectivity index (χ1n) is 7.13. The van der Waals surface area contributed by atoms with Crippen LogP contribution in [-0.4, -0.2) is 5.11 Å². The zero-order valence-corrected chi connectivity index (χ0v) is 14.3. The quantitative estimate of drug-likeness (QED) is 0.812. The summed E-state index contributed by atoms with van der Waals surface area (Å²) >= 11 is 3.36. The summed E-state index contributed by atoms with van der Waals surface area (Å²) in [5.74, 6) is 0.272. The van der Waals surface area contributed by atoms with E-state index >= 15 is 0 Å². The molecule has 0 spiro atoms. The van der Waals surface area contributed by atoms with Crippen molar-refractivity contribution in [1.29, 1.82) is 0 Å². The number of halogens is 1. The largest absolute Gasteiger partial charge is 0.507 e. The molecule has 0 fully saturated rings. The van der Waals surface area contributed by atoms with Gasteiger partial charge in [-0.05, 0) is 44.6 Å². The first-order valence-corrected chi connectivity index (χ1v) is 7.93. The summed E-state index contributed by atoms with van der Waals surface area (Å²) in [4.78, 5) is 0. The topological polar surface area (TPSA) is 32.3 Å². The number of rotatable bonds is 4. The SMILES string of the molecule is CC(C)(C)C(NCc1ccc(O)c(Br)c1)c1ccccc1. The third-order valence-corrected chi connectivity index (χ3v) is 4.16. The third kappa shape index (κ3) is 4.32. The van der Waals surface area contributed by atoms with Crippen molar-refractivity contribution in [2.45, 2.75) is 33.4 Å². The van der Waals surface area contributed by atoms with Gasteiger partial charge in [0.15, 0.2) is 0 Å². The predicted molar refractivity (Wildman–Crippen MR) is 91.3 cm³/mol. The zero-order chi connectivity index (χ0) is 15.5. The molecule has 0 bridgehead atoms. The van der Waals surface area contributed by atoms with E-state index in [1.165, 1.54) is 5.56 Å². The predicted octanol–water partition coefficient (Wildman–Crippen LogP) is 5.03. The summed E-state index contributed by atoms with van der Waals surface area (Å²) in [6.45, 7) is 7.48.